The van der Waals surface area contributed by atoms with Crippen LogP contribution in [-0.2, 0) is 23.3 Å². The largest absolute Gasteiger partial charge is 0.461 e. The van der Waals surface area contributed by atoms with Crippen molar-refractivity contribution in [1.82, 2.24) is 9.88 Å². The van der Waals surface area contributed by atoms with E-state index in [0.717, 1.165) is 12.1 Å². The fourth-order valence-electron chi connectivity index (χ4n) is 5.04. The summed E-state index contributed by atoms with van der Waals surface area (Å²) in [6, 6.07) is 12.6. The van der Waals surface area contributed by atoms with Crippen molar-refractivity contribution in [2.24, 2.45) is 0 Å². The number of benzene rings is 3. The summed E-state index contributed by atoms with van der Waals surface area (Å²) in [5.41, 5.74) is -2.76. The van der Waals surface area contributed by atoms with Crippen LogP contribution < -0.4 is 10.2 Å². The van der Waals surface area contributed by atoms with Crippen LogP contribution in [-0.4, -0.2) is 55.2 Å². The first-order valence-corrected chi connectivity index (χ1v) is 13.9. The molecule has 1 fully saturated rings. The second-order valence-corrected chi connectivity index (χ2v) is 10.5. The molecule has 0 aliphatic carbocycles. The van der Waals surface area contributed by atoms with E-state index in [1.54, 1.807) is 24.3 Å². The molecule has 0 unspecified atom stereocenters. The van der Waals surface area contributed by atoms with Crippen LogP contribution in [0.25, 0.3) is 10.9 Å². The zero-order valence-electron chi connectivity index (χ0n) is 23.7. The molecule has 1 aliphatic heterocycles. The van der Waals surface area contributed by atoms with Crippen molar-refractivity contribution in [2.45, 2.75) is 18.5 Å². The second kappa shape index (κ2) is 12.7. The van der Waals surface area contributed by atoms with Crippen molar-refractivity contribution < 1.29 is 49.0 Å². The average Bonchev–Trinajstić information content (AvgIpc) is 3.00. The summed E-state index contributed by atoms with van der Waals surface area (Å²) < 4.78 is 124. The number of pyridine rings is 1. The highest BCUT2D eigenvalue weighted by atomic mass is 19.4. The van der Waals surface area contributed by atoms with Gasteiger partial charge in [-0.05, 0) is 48.5 Å². The number of fused-ring (bicyclic) bond motifs is 1. The highest BCUT2D eigenvalue weighted by Gasteiger charge is 2.37. The van der Waals surface area contributed by atoms with Crippen LogP contribution in [0.2, 0.25) is 0 Å². The van der Waals surface area contributed by atoms with E-state index in [-0.39, 0.29) is 49.1 Å². The normalized spacial score (nSPS) is 14.8. The van der Waals surface area contributed by atoms with Gasteiger partial charge in [-0.15, -0.1) is 0 Å². The highest BCUT2D eigenvalue weighted by Crippen LogP contribution is 2.39. The molecule has 15 heteroatoms. The van der Waals surface area contributed by atoms with Crippen LogP contribution in [0.1, 0.15) is 27.0 Å². The van der Waals surface area contributed by atoms with Gasteiger partial charge in [0.25, 0.3) is 0 Å². The number of alkyl halides is 9. The van der Waals surface area contributed by atoms with Crippen molar-refractivity contribution in [2.75, 3.05) is 49.5 Å². The van der Waals surface area contributed by atoms with Gasteiger partial charge in [-0.2, -0.15) is 39.5 Å². The van der Waals surface area contributed by atoms with Crippen molar-refractivity contribution in [3.8, 4) is 0 Å². The summed E-state index contributed by atoms with van der Waals surface area (Å²) in [6.07, 6.45) is -13.1. The number of rotatable bonds is 7. The minimum Gasteiger partial charge on any atom is -0.461 e. The van der Waals surface area contributed by atoms with Crippen molar-refractivity contribution in [3.63, 3.8) is 0 Å². The van der Waals surface area contributed by atoms with Crippen LogP contribution in [0.15, 0.2) is 72.9 Å². The maximum Gasteiger partial charge on any atom is 0.416 e. The van der Waals surface area contributed by atoms with Crippen molar-refractivity contribution >= 4 is 33.9 Å². The third-order valence-corrected chi connectivity index (χ3v) is 7.44. The number of anilines is 3. The Kier molecular flexibility index (Phi) is 9.07. The van der Waals surface area contributed by atoms with Crippen LogP contribution in [0.3, 0.4) is 0 Å². The van der Waals surface area contributed by atoms with E-state index >= 15 is 0 Å². The van der Waals surface area contributed by atoms with Crippen LogP contribution in [0, 0.1) is 0 Å². The standard InChI is InChI=1S/C31H25F9N4O2/c32-29(33,34)19-5-6-23-26(7-8-41-27(23)18-19)42-25-4-2-1-3-24(25)28(45)46-14-13-43-9-11-44(12-10-43)22-16-20(30(35,36)37)15-21(17-22)31(38,39)40/h1-8,15-18H,9-14H2,(H,41,42). The molecular formula is C31H25F9N4O2. The number of nitrogens with zero attached hydrogens (tertiary/aromatic N) is 3. The van der Waals surface area contributed by atoms with E-state index in [1.807, 2.05) is 4.90 Å². The predicted octanol–water partition coefficient (Wildman–Crippen LogP) is 8.01. The Hall–Kier alpha value is -4.53. The van der Waals surface area contributed by atoms with Gasteiger partial charge in [-0.25, -0.2) is 4.79 Å². The number of carbonyl (C=O) groups is 1. The molecule has 0 bridgehead atoms. The molecule has 1 aromatic heterocycles. The minimum atomic E-state index is -4.94. The van der Waals surface area contributed by atoms with Crippen molar-refractivity contribution in [3.05, 3.63) is 95.2 Å². The number of nitrogens with one attached hydrogen (secondary N) is 1. The van der Waals surface area contributed by atoms with Crippen molar-refractivity contribution in [1.29, 1.82) is 0 Å². The van der Waals surface area contributed by atoms with Gasteiger partial charge in [-0.3, -0.25) is 9.88 Å². The Morgan fingerprint density at radius 3 is 2.00 bits per heavy atom. The Morgan fingerprint density at radius 1 is 0.739 bits per heavy atom. The second-order valence-electron chi connectivity index (χ2n) is 10.5. The number of aromatic nitrogens is 1. The number of hydrogen-bond acceptors (Lipinski definition) is 6. The van der Waals surface area contributed by atoms with E-state index in [9.17, 15) is 44.3 Å². The topological polar surface area (TPSA) is 57.7 Å². The fraction of sp³-hybridized carbons (Fsp3) is 0.290. The molecule has 3 aromatic carbocycles. The van der Waals surface area contributed by atoms with Gasteiger partial charge < -0.3 is 15.0 Å². The van der Waals surface area contributed by atoms with E-state index in [2.05, 4.69) is 10.3 Å². The molecule has 0 atom stereocenters. The number of esters is 1. The number of carbonyl (C=O) groups excluding carboxylic acids is 1. The first kappa shape index (κ1) is 32.9. The third kappa shape index (κ3) is 7.63. The Morgan fingerprint density at radius 2 is 1.37 bits per heavy atom. The van der Waals surface area contributed by atoms with E-state index in [4.69, 9.17) is 4.74 Å². The van der Waals surface area contributed by atoms with Crippen LogP contribution in [0.4, 0.5) is 56.6 Å². The van der Waals surface area contributed by atoms with Gasteiger partial charge in [0.05, 0.1) is 33.5 Å². The summed E-state index contributed by atoms with van der Waals surface area (Å²) in [7, 11) is 0. The van der Waals surface area contributed by atoms with Crippen LogP contribution in [0.5, 0.6) is 0 Å². The van der Waals surface area contributed by atoms with E-state index < -0.39 is 41.2 Å². The first-order valence-electron chi connectivity index (χ1n) is 13.9. The lowest BCUT2D eigenvalue weighted by Gasteiger charge is -2.36. The predicted molar refractivity (Wildman–Crippen MR) is 152 cm³/mol. The van der Waals surface area contributed by atoms with Gasteiger partial charge in [-0.1, -0.05) is 18.2 Å². The van der Waals surface area contributed by atoms with Gasteiger partial charge in [0.15, 0.2) is 0 Å². The van der Waals surface area contributed by atoms with Gasteiger partial charge in [0.2, 0.25) is 0 Å². The lowest BCUT2D eigenvalue weighted by Crippen LogP contribution is -2.47. The molecule has 2 heterocycles. The molecule has 0 amide bonds. The highest BCUT2D eigenvalue weighted by molar-refractivity contribution is 5.99. The number of hydrogen-bond donors (Lipinski definition) is 1. The average molecular weight is 657 g/mol. The third-order valence-electron chi connectivity index (χ3n) is 7.44. The minimum absolute atomic E-state index is 0.0483. The molecule has 4 aromatic rings. The molecule has 6 nitrogen and oxygen atoms in total. The smallest absolute Gasteiger partial charge is 0.416 e. The monoisotopic (exact) mass is 656 g/mol. The number of ether oxygens (including phenoxy) is 1. The Labute approximate surface area is 256 Å². The number of piperazine rings is 1. The SMILES string of the molecule is O=C(OCCN1CCN(c2cc(C(F)(F)F)cc(C(F)(F)F)c2)CC1)c1ccccc1Nc1ccnc2cc(C(F)(F)F)ccc12. The molecule has 0 radical (unpaired) electrons. The van der Waals surface area contributed by atoms with Crippen LogP contribution >= 0.6 is 0 Å². The summed E-state index contributed by atoms with van der Waals surface area (Å²) in [5.74, 6) is -0.678. The molecular weight excluding hydrogens is 631 g/mol. The molecule has 0 saturated carbocycles. The maximum atomic E-state index is 13.3. The van der Waals surface area contributed by atoms with Gasteiger partial charge in [0.1, 0.15) is 6.61 Å². The summed E-state index contributed by atoms with van der Waals surface area (Å²) in [6.45, 7) is 1.14. The summed E-state index contributed by atoms with van der Waals surface area (Å²) in [4.78, 5) is 20.3. The number of para-hydroxylation sites is 1. The Bertz CT molecular complexity index is 1680. The molecule has 5 rings (SSSR count). The maximum absolute atomic E-state index is 13.3. The molecule has 1 N–H and O–H groups in total. The first-order chi connectivity index (χ1) is 21.6. The summed E-state index contributed by atoms with van der Waals surface area (Å²) >= 11 is 0. The zero-order valence-corrected chi connectivity index (χ0v) is 23.7. The Balaban J connectivity index is 1.19. The molecule has 46 heavy (non-hydrogen) atoms. The molecule has 1 saturated heterocycles. The number of halogens is 9. The zero-order chi connectivity index (χ0) is 33.3. The van der Waals surface area contributed by atoms with E-state index in [1.165, 1.54) is 23.2 Å². The van der Waals surface area contributed by atoms with E-state index in [0.29, 0.717) is 42.0 Å². The lowest BCUT2D eigenvalue weighted by atomic mass is 10.1. The molecule has 0 spiro atoms. The molecule has 1 aliphatic rings. The fourth-order valence-corrected chi connectivity index (χ4v) is 5.04. The molecule has 244 valence electrons. The quantitative estimate of drug-likeness (QED) is 0.161. The lowest BCUT2D eigenvalue weighted by molar-refractivity contribution is -0.143. The summed E-state index contributed by atoms with van der Waals surface area (Å²) in [5, 5.41) is 3.46. The van der Waals surface area contributed by atoms with Gasteiger partial charge in [0, 0.05) is 55.7 Å². The van der Waals surface area contributed by atoms with Gasteiger partial charge >= 0.3 is 24.5 Å².